The average molecular weight is 433 g/mol. The minimum Gasteiger partial charge on any atom is -0.346 e. The molecule has 1 fully saturated rings. The van der Waals surface area contributed by atoms with Crippen LogP contribution in [0.25, 0.3) is 0 Å². The molecule has 0 aliphatic carbocycles. The molecule has 1 aromatic carbocycles. The van der Waals surface area contributed by atoms with Crippen molar-refractivity contribution in [2.75, 3.05) is 26.7 Å². The van der Waals surface area contributed by atoms with E-state index in [1.54, 1.807) is 4.90 Å². The molecule has 1 aliphatic heterocycles. The Morgan fingerprint density at radius 3 is 2.88 bits per heavy atom. The Morgan fingerprint density at radius 2 is 2.20 bits per heavy atom. The molecule has 0 saturated carbocycles. The summed E-state index contributed by atoms with van der Waals surface area (Å²) >= 11 is 3.46. The quantitative estimate of drug-likeness (QED) is 0.721. The van der Waals surface area contributed by atoms with Gasteiger partial charge in [-0.05, 0) is 24.1 Å². The molecule has 0 radical (unpaired) electrons. The van der Waals surface area contributed by atoms with Crippen molar-refractivity contribution in [2.45, 2.75) is 38.8 Å². The van der Waals surface area contributed by atoms with E-state index < -0.39 is 6.04 Å². The fraction of sp³-hybridized carbons (Fsp3) is 0.556. The van der Waals surface area contributed by atoms with Gasteiger partial charge in [0.15, 0.2) is 0 Å². The zero-order valence-electron chi connectivity index (χ0n) is 14.8. The van der Waals surface area contributed by atoms with E-state index in [-0.39, 0.29) is 30.6 Å². The lowest BCUT2D eigenvalue weighted by Gasteiger charge is -2.33. The number of benzene rings is 1. The summed E-state index contributed by atoms with van der Waals surface area (Å²) in [5.74, 6) is 0.0390. The van der Waals surface area contributed by atoms with E-state index in [4.69, 9.17) is 0 Å². The lowest BCUT2D eigenvalue weighted by atomic mass is 10.1. The number of amides is 2. The molecule has 7 heteroatoms. The highest BCUT2D eigenvalue weighted by Crippen LogP contribution is 2.16. The van der Waals surface area contributed by atoms with Gasteiger partial charge < -0.3 is 15.1 Å². The third kappa shape index (κ3) is 6.60. The normalized spacial score (nSPS) is 17.2. The Kier molecular flexibility index (Phi) is 9.46. The Morgan fingerprint density at radius 1 is 1.44 bits per heavy atom. The van der Waals surface area contributed by atoms with Gasteiger partial charge in [0.25, 0.3) is 0 Å². The highest BCUT2D eigenvalue weighted by Gasteiger charge is 2.30. The lowest BCUT2D eigenvalue weighted by molar-refractivity contribution is -0.141. The van der Waals surface area contributed by atoms with E-state index in [0.29, 0.717) is 13.1 Å². The molecular weight excluding hydrogens is 406 g/mol. The summed E-state index contributed by atoms with van der Waals surface area (Å²) in [6.07, 6.45) is 2.27. The molecule has 0 bridgehead atoms. The van der Waals surface area contributed by atoms with Crippen molar-refractivity contribution in [3.8, 4) is 0 Å². The summed E-state index contributed by atoms with van der Waals surface area (Å²) in [6.45, 7) is 4.82. The third-order valence-electron chi connectivity index (χ3n) is 4.30. The van der Waals surface area contributed by atoms with Gasteiger partial charge in [0.1, 0.15) is 0 Å². The minimum absolute atomic E-state index is 0. The predicted octanol–water partition coefficient (Wildman–Crippen LogP) is 2.82. The molecule has 1 unspecified atom stereocenters. The fourth-order valence-corrected chi connectivity index (χ4v) is 3.26. The van der Waals surface area contributed by atoms with Crippen LogP contribution in [0.4, 0.5) is 0 Å². The van der Waals surface area contributed by atoms with Gasteiger partial charge in [-0.2, -0.15) is 0 Å². The maximum Gasteiger partial charge on any atom is 0.240 e. The van der Waals surface area contributed by atoms with E-state index in [2.05, 4.69) is 28.2 Å². The maximum absolute atomic E-state index is 12.7. The molecular formula is C18H27BrClN3O2. The molecule has 1 aliphatic rings. The topological polar surface area (TPSA) is 52.7 Å². The van der Waals surface area contributed by atoms with Gasteiger partial charge in [-0.25, -0.2) is 0 Å². The van der Waals surface area contributed by atoms with Crippen LogP contribution in [0.3, 0.4) is 0 Å². The summed E-state index contributed by atoms with van der Waals surface area (Å²) in [4.78, 5) is 28.5. The highest BCUT2D eigenvalue weighted by molar-refractivity contribution is 9.10. The number of carbonyl (C=O) groups is 2. The number of piperazine rings is 1. The van der Waals surface area contributed by atoms with Crippen molar-refractivity contribution in [3.05, 3.63) is 34.3 Å². The number of carbonyl (C=O) groups excluding carboxylic acids is 2. The molecule has 1 aromatic rings. The molecule has 0 aromatic heterocycles. The zero-order chi connectivity index (χ0) is 17.5. The van der Waals surface area contributed by atoms with Crippen LogP contribution in [0, 0.1) is 0 Å². The second kappa shape index (κ2) is 10.8. The first-order valence-corrected chi connectivity index (χ1v) is 9.31. The van der Waals surface area contributed by atoms with Crippen LogP contribution in [0.1, 0.15) is 31.7 Å². The molecule has 140 valence electrons. The number of nitrogens with zero attached hydrogens (tertiary/aromatic N) is 2. The van der Waals surface area contributed by atoms with Crippen LogP contribution in [0.5, 0.6) is 0 Å². The summed E-state index contributed by atoms with van der Waals surface area (Å²) in [5.41, 5.74) is 1.09. The van der Waals surface area contributed by atoms with E-state index in [9.17, 15) is 9.59 Å². The number of unbranched alkanes of at least 4 members (excludes halogenated alkanes) is 1. The zero-order valence-corrected chi connectivity index (χ0v) is 17.2. The molecule has 1 atom stereocenters. The Bertz CT molecular complexity index is 585. The van der Waals surface area contributed by atoms with E-state index in [0.717, 1.165) is 36.0 Å². The lowest BCUT2D eigenvalue weighted by Crippen LogP contribution is -2.55. The van der Waals surface area contributed by atoms with Crippen LogP contribution in [-0.4, -0.2) is 54.3 Å². The van der Waals surface area contributed by atoms with Crippen LogP contribution in [-0.2, 0) is 16.1 Å². The second-order valence-corrected chi connectivity index (χ2v) is 7.19. The molecule has 0 spiro atoms. The maximum atomic E-state index is 12.7. The van der Waals surface area contributed by atoms with Crippen molar-refractivity contribution < 1.29 is 9.59 Å². The predicted molar refractivity (Wildman–Crippen MR) is 106 cm³/mol. The third-order valence-corrected chi connectivity index (χ3v) is 4.79. The van der Waals surface area contributed by atoms with E-state index >= 15 is 0 Å². The number of rotatable bonds is 7. The van der Waals surface area contributed by atoms with Crippen molar-refractivity contribution in [1.82, 2.24) is 15.1 Å². The first-order valence-electron chi connectivity index (χ1n) is 8.52. The van der Waals surface area contributed by atoms with Gasteiger partial charge in [0, 0.05) is 37.7 Å². The first kappa shape index (κ1) is 21.9. The Hall–Kier alpha value is -1.11. The standard InChI is InChI=1S/C18H26BrN3O2.ClH/c1-3-4-9-21(2)17(23)12-16-18(24)22(10-8-20-16)13-14-6-5-7-15(19)11-14;/h5-7,11,16,20H,3-4,8-10,12-13H2,1-2H3;1H. The number of hydrogen-bond donors (Lipinski definition) is 1. The molecule has 1 heterocycles. The van der Waals surface area contributed by atoms with Gasteiger partial charge in [-0.1, -0.05) is 41.4 Å². The fourth-order valence-electron chi connectivity index (χ4n) is 2.81. The molecule has 5 nitrogen and oxygen atoms in total. The summed E-state index contributed by atoms with van der Waals surface area (Å²) in [6, 6.07) is 7.56. The summed E-state index contributed by atoms with van der Waals surface area (Å²) in [5, 5.41) is 3.19. The van der Waals surface area contributed by atoms with Crippen LogP contribution >= 0.6 is 28.3 Å². The minimum atomic E-state index is -0.414. The molecule has 1 saturated heterocycles. The summed E-state index contributed by atoms with van der Waals surface area (Å²) in [7, 11) is 1.81. The molecule has 1 N–H and O–H groups in total. The van der Waals surface area contributed by atoms with Crippen molar-refractivity contribution in [2.24, 2.45) is 0 Å². The largest absolute Gasteiger partial charge is 0.346 e. The smallest absolute Gasteiger partial charge is 0.240 e. The molecule has 25 heavy (non-hydrogen) atoms. The second-order valence-electron chi connectivity index (χ2n) is 6.27. The SMILES string of the molecule is CCCCN(C)C(=O)CC1NCCN(Cc2cccc(Br)c2)C1=O.Cl. The van der Waals surface area contributed by atoms with Gasteiger partial charge in [-0.15, -0.1) is 12.4 Å². The highest BCUT2D eigenvalue weighted by atomic mass is 79.9. The number of nitrogens with one attached hydrogen (secondary N) is 1. The number of halogens is 2. The van der Waals surface area contributed by atoms with Gasteiger partial charge in [-0.3, -0.25) is 9.59 Å². The van der Waals surface area contributed by atoms with Crippen molar-refractivity contribution >= 4 is 40.2 Å². The molecule has 2 amide bonds. The van der Waals surface area contributed by atoms with Gasteiger partial charge in [0.05, 0.1) is 12.5 Å². The van der Waals surface area contributed by atoms with E-state index in [1.807, 2.05) is 36.2 Å². The van der Waals surface area contributed by atoms with Crippen molar-refractivity contribution in [3.63, 3.8) is 0 Å². The monoisotopic (exact) mass is 431 g/mol. The van der Waals surface area contributed by atoms with Gasteiger partial charge in [0.2, 0.25) is 11.8 Å². The average Bonchev–Trinajstić information content (AvgIpc) is 2.56. The first-order chi connectivity index (χ1) is 11.5. The van der Waals surface area contributed by atoms with Crippen LogP contribution < -0.4 is 5.32 Å². The van der Waals surface area contributed by atoms with Gasteiger partial charge >= 0.3 is 0 Å². The Balaban J connectivity index is 0.00000312. The van der Waals surface area contributed by atoms with Crippen LogP contribution in [0.15, 0.2) is 28.7 Å². The van der Waals surface area contributed by atoms with Crippen LogP contribution in [0.2, 0.25) is 0 Å². The number of hydrogen-bond acceptors (Lipinski definition) is 3. The molecule has 2 rings (SSSR count). The summed E-state index contributed by atoms with van der Waals surface area (Å²) < 4.78 is 1.01. The van der Waals surface area contributed by atoms with Crippen molar-refractivity contribution in [1.29, 1.82) is 0 Å². The van der Waals surface area contributed by atoms with E-state index in [1.165, 1.54) is 0 Å². The Labute approximate surface area is 164 Å².